The van der Waals surface area contributed by atoms with Gasteiger partial charge in [0.2, 0.25) is 0 Å². The molecule has 0 saturated carbocycles. The van der Waals surface area contributed by atoms with Crippen molar-refractivity contribution < 1.29 is 5.11 Å². The fourth-order valence-corrected chi connectivity index (χ4v) is 4.71. The molecule has 3 aliphatic rings. The van der Waals surface area contributed by atoms with Crippen LogP contribution in [0.15, 0.2) is 72.6 Å². The minimum absolute atomic E-state index is 0.179. The van der Waals surface area contributed by atoms with E-state index in [1.165, 1.54) is 32.7 Å². The van der Waals surface area contributed by atoms with Crippen molar-refractivity contribution in [3.63, 3.8) is 0 Å². The van der Waals surface area contributed by atoms with Crippen LogP contribution in [-0.2, 0) is 6.42 Å². The SMILES string of the molecule is OCC1CC=c2c(ccc3c2=CCc2ccccc2-3)C1C1=CC=CC=CN1. The second kappa shape index (κ2) is 6.71. The van der Waals surface area contributed by atoms with Gasteiger partial charge in [-0.1, -0.05) is 60.7 Å². The Hall–Kier alpha value is -2.84. The van der Waals surface area contributed by atoms with E-state index in [0.717, 1.165) is 18.5 Å². The maximum Gasteiger partial charge on any atom is 0.0471 e. The lowest BCUT2D eigenvalue weighted by atomic mass is 9.75. The second-order valence-electron chi connectivity index (χ2n) is 7.47. The summed E-state index contributed by atoms with van der Waals surface area (Å²) in [6, 6.07) is 13.2. The lowest BCUT2D eigenvalue weighted by Crippen LogP contribution is -2.40. The van der Waals surface area contributed by atoms with Gasteiger partial charge in [0.05, 0.1) is 0 Å². The van der Waals surface area contributed by atoms with Crippen LogP contribution in [0.2, 0.25) is 0 Å². The summed E-state index contributed by atoms with van der Waals surface area (Å²) in [5, 5.41) is 16.2. The first-order valence-corrected chi connectivity index (χ1v) is 9.69. The Morgan fingerprint density at radius 2 is 1.85 bits per heavy atom. The van der Waals surface area contributed by atoms with E-state index in [-0.39, 0.29) is 18.4 Å². The molecule has 2 atom stereocenters. The van der Waals surface area contributed by atoms with Crippen LogP contribution in [0, 0.1) is 5.92 Å². The number of aliphatic hydroxyl groups is 1. The van der Waals surface area contributed by atoms with E-state index in [0.29, 0.717) is 0 Å². The van der Waals surface area contributed by atoms with Crippen LogP contribution in [0.4, 0.5) is 0 Å². The average molecular weight is 353 g/mol. The molecule has 2 unspecified atom stereocenters. The van der Waals surface area contributed by atoms with Crippen LogP contribution in [0.1, 0.15) is 23.5 Å². The fraction of sp³-hybridized carbons (Fsp3) is 0.200. The molecule has 1 aliphatic heterocycles. The summed E-state index contributed by atoms with van der Waals surface area (Å²) in [7, 11) is 0. The van der Waals surface area contributed by atoms with Crippen molar-refractivity contribution in [2.45, 2.75) is 18.8 Å². The van der Waals surface area contributed by atoms with Gasteiger partial charge >= 0.3 is 0 Å². The first-order chi connectivity index (χ1) is 13.4. The zero-order chi connectivity index (χ0) is 18.2. The van der Waals surface area contributed by atoms with Crippen molar-refractivity contribution in [3.8, 4) is 11.1 Å². The zero-order valence-electron chi connectivity index (χ0n) is 15.2. The maximum atomic E-state index is 10.0. The van der Waals surface area contributed by atoms with Gasteiger partial charge in [0, 0.05) is 24.4 Å². The van der Waals surface area contributed by atoms with E-state index in [1.807, 2.05) is 18.4 Å². The van der Waals surface area contributed by atoms with Crippen LogP contribution >= 0.6 is 0 Å². The topological polar surface area (TPSA) is 32.3 Å². The van der Waals surface area contributed by atoms with E-state index in [4.69, 9.17) is 0 Å². The third-order valence-corrected chi connectivity index (χ3v) is 6.00. The first-order valence-electron chi connectivity index (χ1n) is 9.69. The Kier molecular flexibility index (Phi) is 4.06. The molecule has 0 bridgehead atoms. The molecule has 27 heavy (non-hydrogen) atoms. The van der Waals surface area contributed by atoms with E-state index in [1.54, 1.807) is 0 Å². The van der Waals surface area contributed by atoms with E-state index >= 15 is 0 Å². The summed E-state index contributed by atoms with van der Waals surface area (Å²) < 4.78 is 0. The summed E-state index contributed by atoms with van der Waals surface area (Å²) in [6.45, 7) is 0.191. The van der Waals surface area contributed by atoms with Gasteiger partial charge in [0.1, 0.15) is 0 Å². The van der Waals surface area contributed by atoms with Gasteiger partial charge < -0.3 is 10.4 Å². The molecule has 2 aromatic rings. The molecule has 134 valence electrons. The van der Waals surface area contributed by atoms with Gasteiger partial charge in [-0.3, -0.25) is 0 Å². The Balaban J connectivity index is 1.71. The quantitative estimate of drug-likeness (QED) is 0.869. The molecule has 0 radical (unpaired) electrons. The number of fused-ring (bicyclic) bond motifs is 5. The van der Waals surface area contributed by atoms with Crippen molar-refractivity contribution in [3.05, 3.63) is 94.2 Å². The van der Waals surface area contributed by atoms with Gasteiger partial charge in [-0.25, -0.2) is 0 Å². The third-order valence-electron chi connectivity index (χ3n) is 6.00. The summed E-state index contributed by atoms with van der Waals surface area (Å²) in [4.78, 5) is 0. The van der Waals surface area contributed by atoms with Crippen molar-refractivity contribution in [2.24, 2.45) is 5.92 Å². The largest absolute Gasteiger partial charge is 0.396 e. The number of allylic oxidation sites excluding steroid dienone is 5. The summed E-state index contributed by atoms with van der Waals surface area (Å²) in [5.41, 5.74) is 6.55. The molecule has 0 aromatic heterocycles. The lowest BCUT2D eigenvalue weighted by Gasteiger charge is -2.32. The fourth-order valence-electron chi connectivity index (χ4n) is 4.71. The van der Waals surface area contributed by atoms with Gasteiger partial charge in [-0.2, -0.15) is 0 Å². The monoisotopic (exact) mass is 353 g/mol. The van der Waals surface area contributed by atoms with Crippen molar-refractivity contribution in [2.75, 3.05) is 6.61 Å². The maximum absolute atomic E-state index is 10.0. The molecule has 5 rings (SSSR count). The number of hydrogen-bond donors (Lipinski definition) is 2. The molecule has 0 amide bonds. The Morgan fingerprint density at radius 1 is 0.926 bits per heavy atom. The van der Waals surface area contributed by atoms with Crippen LogP contribution in [0.5, 0.6) is 0 Å². The Morgan fingerprint density at radius 3 is 2.78 bits per heavy atom. The molecule has 2 N–H and O–H groups in total. The molecule has 2 aliphatic carbocycles. The molecule has 2 aromatic carbocycles. The van der Waals surface area contributed by atoms with Gasteiger partial charge in [0.15, 0.2) is 0 Å². The van der Waals surface area contributed by atoms with Gasteiger partial charge in [-0.15, -0.1) is 0 Å². The van der Waals surface area contributed by atoms with E-state index in [2.05, 4.69) is 66.0 Å². The first kappa shape index (κ1) is 16.3. The number of nitrogens with one attached hydrogen (secondary N) is 1. The number of benzene rings is 2. The van der Waals surface area contributed by atoms with Crippen LogP contribution in [0.25, 0.3) is 23.3 Å². The van der Waals surface area contributed by atoms with Crippen molar-refractivity contribution in [1.82, 2.24) is 5.32 Å². The predicted octanol–water partition coefficient (Wildman–Crippen LogP) is 3.12. The summed E-state index contributed by atoms with van der Waals surface area (Å²) in [6.07, 6.45) is 16.8. The Labute approximate surface area is 159 Å². The van der Waals surface area contributed by atoms with E-state index in [9.17, 15) is 5.11 Å². The van der Waals surface area contributed by atoms with Gasteiger partial charge in [0.25, 0.3) is 0 Å². The Bertz CT molecular complexity index is 1100. The van der Waals surface area contributed by atoms with Crippen molar-refractivity contribution >= 4 is 12.2 Å². The highest BCUT2D eigenvalue weighted by molar-refractivity contribution is 5.74. The average Bonchev–Trinajstić information content (AvgIpc) is 3.01. The molecule has 2 heteroatoms. The number of hydrogen-bond acceptors (Lipinski definition) is 2. The molecule has 0 fully saturated rings. The van der Waals surface area contributed by atoms with Gasteiger partial charge in [-0.05, 0) is 63.6 Å². The summed E-state index contributed by atoms with van der Waals surface area (Å²) >= 11 is 0. The highest BCUT2D eigenvalue weighted by atomic mass is 16.3. The normalized spacial score (nSPS) is 22.2. The number of aliphatic hydroxyl groups excluding tert-OH is 1. The van der Waals surface area contributed by atoms with Crippen LogP contribution < -0.4 is 15.8 Å². The third kappa shape index (κ3) is 2.68. The smallest absolute Gasteiger partial charge is 0.0471 e. The second-order valence-corrected chi connectivity index (χ2v) is 7.47. The molecular weight excluding hydrogens is 330 g/mol. The molecule has 0 saturated heterocycles. The standard InChI is InChI=1S/C25H23NO/c27-16-18-10-12-22-21-11-9-17-6-3-4-7-19(17)20(21)13-14-23(22)25(18)24-8-2-1-5-15-26-24/h1-8,11-15,18,25-27H,9-10,16H2. The number of rotatable bonds is 2. The van der Waals surface area contributed by atoms with Crippen LogP contribution in [-0.4, -0.2) is 11.7 Å². The molecule has 2 nitrogen and oxygen atoms in total. The summed E-state index contributed by atoms with van der Waals surface area (Å²) in [5.74, 6) is 0.378. The lowest BCUT2D eigenvalue weighted by molar-refractivity contribution is 0.212. The predicted molar refractivity (Wildman–Crippen MR) is 111 cm³/mol. The molecular formula is C25H23NO. The zero-order valence-corrected chi connectivity index (χ0v) is 15.2. The van der Waals surface area contributed by atoms with Crippen molar-refractivity contribution in [1.29, 1.82) is 0 Å². The van der Waals surface area contributed by atoms with Crippen LogP contribution in [0.3, 0.4) is 0 Å². The molecule has 0 spiro atoms. The van der Waals surface area contributed by atoms with E-state index < -0.39 is 0 Å². The minimum Gasteiger partial charge on any atom is -0.396 e. The molecule has 1 heterocycles. The highest BCUT2D eigenvalue weighted by Gasteiger charge is 2.30. The minimum atomic E-state index is 0.179. The highest BCUT2D eigenvalue weighted by Crippen LogP contribution is 2.35.